The van der Waals surface area contributed by atoms with E-state index in [0.29, 0.717) is 5.69 Å². The standard InChI is InChI=1S/C13H16F3NO2/c1-12(2,3)9-6-4-5-7-10(9)17-11(18)19-8-13(14,15)16/h4-7H,8H2,1-3H3,(H,17,18). The lowest BCUT2D eigenvalue weighted by Crippen LogP contribution is -2.24. The minimum atomic E-state index is -4.53. The predicted octanol–water partition coefficient (Wildman–Crippen LogP) is 4.09. The zero-order valence-electron chi connectivity index (χ0n) is 11.0. The lowest BCUT2D eigenvalue weighted by molar-refractivity contribution is -0.159. The molecule has 0 atom stereocenters. The molecule has 0 unspecified atom stereocenters. The molecule has 0 aliphatic carbocycles. The van der Waals surface area contributed by atoms with E-state index in [9.17, 15) is 18.0 Å². The summed E-state index contributed by atoms with van der Waals surface area (Å²) in [6, 6.07) is 6.91. The van der Waals surface area contributed by atoms with Crippen LogP contribution in [0.15, 0.2) is 24.3 Å². The van der Waals surface area contributed by atoms with Crippen molar-refractivity contribution in [2.75, 3.05) is 11.9 Å². The fraction of sp³-hybridized carbons (Fsp3) is 0.462. The topological polar surface area (TPSA) is 38.3 Å². The first-order chi connectivity index (χ1) is 8.59. The zero-order chi connectivity index (χ0) is 14.7. The number of alkyl halides is 3. The van der Waals surface area contributed by atoms with Crippen LogP contribution in [0.2, 0.25) is 0 Å². The van der Waals surface area contributed by atoms with Gasteiger partial charge in [-0.1, -0.05) is 39.0 Å². The van der Waals surface area contributed by atoms with Crippen LogP contribution in [-0.4, -0.2) is 18.9 Å². The molecule has 1 aromatic rings. The number of para-hydroxylation sites is 1. The monoisotopic (exact) mass is 275 g/mol. The van der Waals surface area contributed by atoms with Gasteiger partial charge in [0.25, 0.3) is 0 Å². The van der Waals surface area contributed by atoms with Crippen molar-refractivity contribution in [2.24, 2.45) is 0 Å². The molecule has 0 radical (unpaired) electrons. The van der Waals surface area contributed by atoms with Gasteiger partial charge in [-0.05, 0) is 17.0 Å². The highest BCUT2D eigenvalue weighted by atomic mass is 19.4. The van der Waals surface area contributed by atoms with E-state index in [2.05, 4.69) is 10.1 Å². The minimum absolute atomic E-state index is 0.242. The summed E-state index contributed by atoms with van der Waals surface area (Å²) >= 11 is 0. The van der Waals surface area contributed by atoms with Gasteiger partial charge >= 0.3 is 12.3 Å². The molecule has 19 heavy (non-hydrogen) atoms. The van der Waals surface area contributed by atoms with Gasteiger partial charge in [-0.3, -0.25) is 5.32 Å². The largest absolute Gasteiger partial charge is 0.440 e. The fourth-order valence-electron chi connectivity index (χ4n) is 1.54. The van der Waals surface area contributed by atoms with Gasteiger partial charge in [0.1, 0.15) is 0 Å². The Hall–Kier alpha value is -1.72. The molecule has 6 heteroatoms. The summed E-state index contributed by atoms with van der Waals surface area (Å²) in [5.74, 6) is 0. The predicted molar refractivity (Wildman–Crippen MR) is 66.2 cm³/mol. The molecule has 0 bridgehead atoms. The highest BCUT2D eigenvalue weighted by Gasteiger charge is 2.29. The van der Waals surface area contributed by atoms with Gasteiger partial charge in [-0.2, -0.15) is 13.2 Å². The average molecular weight is 275 g/mol. The first-order valence-corrected chi connectivity index (χ1v) is 5.69. The summed E-state index contributed by atoms with van der Waals surface area (Å²) < 4.78 is 39.9. The second-order valence-electron chi connectivity index (χ2n) is 5.11. The summed E-state index contributed by atoms with van der Waals surface area (Å²) in [6.07, 6.45) is -5.64. The number of ether oxygens (including phenoxy) is 1. The number of anilines is 1. The van der Waals surface area contributed by atoms with Gasteiger partial charge in [-0.25, -0.2) is 4.79 Å². The van der Waals surface area contributed by atoms with E-state index < -0.39 is 18.9 Å². The Labute approximate surface area is 109 Å². The van der Waals surface area contributed by atoms with Crippen molar-refractivity contribution < 1.29 is 22.7 Å². The number of hydrogen-bond donors (Lipinski definition) is 1. The van der Waals surface area contributed by atoms with Gasteiger partial charge in [0, 0.05) is 5.69 Å². The van der Waals surface area contributed by atoms with Crippen LogP contribution >= 0.6 is 0 Å². The van der Waals surface area contributed by atoms with Crippen LogP contribution < -0.4 is 5.32 Å². The number of hydrogen-bond acceptors (Lipinski definition) is 2. The van der Waals surface area contributed by atoms with Crippen LogP contribution in [0.5, 0.6) is 0 Å². The molecule has 1 aromatic carbocycles. The molecular formula is C13H16F3NO2. The Kier molecular flexibility index (Phi) is 4.44. The molecule has 1 rings (SSSR count). The van der Waals surface area contributed by atoms with Crippen LogP contribution in [0.4, 0.5) is 23.7 Å². The number of rotatable bonds is 2. The summed E-state index contributed by atoms with van der Waals surface area (Å²) in [5, 5.41) is 2.33. The molecule has 0 fully saturated rings. The molecule has 0 aliphatic rings. The Bertz CT molecular complexity index is 450. The lowest BCUT2D eigenvalue weighted by atomic mass is 9.86. The van der Waals surface area contributed by atoms with Crippen molar-refractivity contribution >= 4 is 11.8 Å². The molecule has 1 N–H and O–H groups in total. The third-order valence-corrected chi connectivity index (χ3v) is 2.34. The average Bonchev–Trinajstić information content (AvgIpc) is 2.25. The van der Waals surface area contributed by atoms with Gasteiger partial charge in [0.15, 0.2) is 6.61 Å². The van der Waals surface area contributed by atoms with Crippen LogP contribution in [0.3, 0.4) is 0 Å². The van der Waals surface area contributed by atoms with Gasteiger partial charge in [0.05, 0.1) is 0 Å². The summed E-state index contributed by atoms with van der Waals surface area (Å²) in [4.78, 5) is 11.3. The van der Waals surface area contributed by atoms with Crippen molar-refractivity contribution in [3.05, 3.63) is 29.8 Å². The molecule has 0 aliphatic heterocycles. The van der Waals surface area contributed by atoms with Crippen LogP contribution in [0.25, 0.3) is 0 Å². The van der Waals surface area contributed by atoms with Crippen molar-refractivity contribution in [3.8, 4) is 0 Å². The SMILES string of the molecule is CC(C)(C)c1ccccc1NC(=O)OCC(F)(F)F. The van der Waals surface area contributed by atoms with E-state index in [-0.39, 0.29) is 5.41 Å². The number of nitrogens with one attached hydrogen (secondary N) is 1. The van der Waals surface area contributed by atoms with Crippen LogP contribution in [0.1, 0.15) is 26.3 Å². The molecule has 0 saturated carbocycles. The third-order valence-electron chi connectivity index (χ3n) is 2.34. The summed E-state index contributed by atoms with van der Waals surface area (Å²) in [7, 11) is 0. The van der Waals surface area contributed by atoms with Crippen LogP contribution in [0, 0.1) is 0 Å². The molecule has 106 valence electrons. The highest BCUT2D eigenvalue weighted by Crippen LogP contribution is 2.29. The quantitative estimate of drug-likeness (QED) is 0.882. The first kappa shape index (κ1) is 15.3. The zero-order valence-corrected chi connectivity index (χ0v) is 11.0. The van der Waals surface area contributed by atoms with Gasteiger partial charge in [-0.15, -0.1) is 0 Å². The molecular weight excluding hydrogens is 259 g/mol. The maximum Gasteiger partial charge on any atom is 0.422 e. The van der Waals surface area contributed by atoms with E-state index >= 15 is 0 Å². The Morgan fingerprint density at radius 3 is 2.32 bits per heavy atom. The summed E-state index contributed by atoms with van der Waals surface area (Å²) in [5.41, 5.74) is 1.02. The first-order valence-electron chi connectivity index (χ1n) is 5.69. The van der Waals surface area contributed by atoms with E-state index in [0.717, 1.165) is 5.56 Å². The number of amides is 1. The van der Waals surface area contributed by atoms with Crippen LogP contribution in [-0.2, 0) is 10.2 Å². The highest BCUT2D eigenvalue weighted by molar-refractivity contribution is 5.86. The van der Waals surface area contributed by atoms with E-state index in [1.165, 1.54) is 0 Å². The smallest absolute Gasteiger partial charge is 0.422 e. The minimum Gasteiger partial charge on any atom is -0.440 e. The van der Waals surface area contributed by atoms with E-state index in [4.69, 9.17) is 0 Å². The Balaban J connectivity index is 2.75. The molecule has 0 saturated heterocycles. The number of carbonyl (C=O) groups is 1. The molecule has 0 heterocycles. The van der Waals surface area contributed by atoms with Gasteiger partial charge in [0.2, 0.25) is 0 Å². The summed E-state index contributed by atoms with van der Waals surface area (Å²) in [6.45, 7) is 4.22. The molecule has 0 spiro atoms. The maximum absolute atomic E-state index is 11.9. The van der Waals surface area contributed by atoms with Crippen molar-refractivity contribution in [2.45, 2.75) is 32.4 Å². The number of carbonyl (C=O) groups excluding carboxylic acids is 1. The Morgan fingerprint density at radius 2 is 1.79 bits per heavy atom. The van der Waals surface area contributed by atoms with Crippen molar-refractivity contribution in [3.63, 3.8) is 0 Å². The van der Waals surface area contributed by atoms with Crippen molar-refractivity contribution in [1.29, 1.82) is 0 Å². The second kappa shape index (κ2) is 5.50. The maximum atomic E-state index is 11.9. The molecule has 1 amide bonds. The van der Waals surface area contributed by atoms with Crippen molar-refractivity contribution in [1.82, 2.24) is 0 Å². The number of benzene rings is 1. The lowest BCUT2D eigenvalue weighted by Gasteiger charge is -2.22. The van der Waals surface area contributed by atoms with Gasteiger partial charge < -0.3 is 4.74 Å². The van der Waals surface area contributed by atoms with E-state index in [1.807, 2.05) is 20.8 Å². The number of halogens is 3. The molecule has 3 nitrogen and oxygen atoms in total. The second-order valence-corrected chi connectivity index (χ2v) is 5.11. The Morgan fingerprint density at radius 1 is 1.21 bits per heavy atom. The third kappa shape index (κ3) is 5.19. The molecule has 0 aromatic heterocycles. The van der Waals surface area contributed by atoms with E-state index in [1.54, 1.807) is 24.3 Å². The fourth-order valence-corrected chi connectivity index (χ4v) is 1.54. The normalized spacial score (nSPS) is 12.1.